The van der Waals surface area contributed by atoms with Gasteiger partial charge in [-0.05, 0) is 121 Å². The summed E-state index contributed by atoms with van der Waals surface area (Å²) in [5.41, 5.74) is 15.6. The predicted octanol–water partition coefficient (Wildman–Crippen LogP) is 14.2. The monoisotopic (exact) mass is 850 g/mol. The molecule has 4 aromatic carbocycles. The van der Waals surface area contributed by atoms with Crippen molar-refractivity contribution >= 4 is 58.1 Å². The molecule has 7 nitrogen and oxygen atoms in total. The maximum absolute atomic E-state index is 13.8. The third-order valence-electron chi connectivity index (χ3n) is 13.7. The number of fused-ring (bicyclic) bond motifs is 8. The first-order valence-electron chi connectivity index (χ1n) is 23.2. The Bertz CT molecular complexity index is 3170. The summed E-state index contributed by atoms with van der Waals surface area (Å²) in [4.78, 5) is 46.0. The summed E-state index contributed by atoms with van der Waals surface area (Å²) in [5.74, 6) is -0.120. The number of nitrogens with zero attached hydrogens (tertiary/aromatic N) is 2. The van der Waals surface area contributed by atoms with Gasteiger partial charge in [-0.15, -0.1) is 0 Å². The van der Waals surface area contributed by atoms with Gasteiger partial charge in [-0.3, -0.25) is 9.59 Å². The Morgan fingerprint density at radius 3 is 1.58 bits per heavy atom. The lowest BCUT2D eigenvalue weighted by atomic mass is 9.76. The van der Waals surface area contributed by atoms with Crippen LogP contribution in [0.15, 0.2) is 140 Å². The van der Waals surface area contributed by atoms with Crippen molar-refractivity contribution in [3.05, 3.63) is 168 Å². The van der Waals surface area contributed by atoms with Crippen molar-refractivity contribution in [2.75, 3.05) is 0 Å². The number of H-pyrrole nitrogens is 2. The van der Waals surface area contributed by atoms with E-state index in [0.29, 0.717) is 38.5 Å². The van der Waals surface area contributed by atoms with Crippen LogP contribution >= 0.6 is 0 Å². The Hall–Kier alpha value is -7.38. The number of aromatic amines is 2. The van der Waals surface area contributed by atoms with Gasteiger partial charge in [0.15, 0.2) is 11.4 Å². The Morgan fingerprint density at radius 2 is 0.985 bits per heavy atom. The molecule has 7 aromatic rings. The molecular weight excluding hydrogens is 801 g/mol. The molecule has 65 heavy (non-hydrogen) atoms. The van der Waals surface area contributed by atoms with E-state index in [9.17, 15) is 9.59 Å². The molecule has 320 valence electrons. The molecule has 6 heterocycles. The van der Waals surface area contributed by atoms with Crippen LogP contribution in [0.2, 0.25) is 0 Å². The number of Topliss-reactive ketones (excluding diaryl/α,β-unsaturated/α-hetero) is 1. The normalized spacial score (nSPS) is 18.7. The van der Waals surface area contributed by atoms with Crippen LogP contribution in [-0.4, -0.2) is 37.3 Å². The number of aromatic nitrogens is 4. The van der Waals surface area contributed by atoms with E-state index in [-0.39, 0.29) is 17.7 Å². The maximum Gasteiger partial charge on any atom is 0.306 e. The molecule has 7 heteroatoms. The summed E-state index contributed by atoms with van der Waals surface area (Å²) < 4.78 is 6.24. The smallest absolute Gasteiger partial charge is 0.306 e. The minimum atomic E-state index is -1.07. The fourth-order valence-corrected chi connectivity index (χ4v) is 10.5. The van der Waals surface area contributed by atoms with Crippen LogP contribution in [0, 0.1) is 0 Å². The van der Waals surface area contributed by atoms with Crippen molar-refractivity contribution < 1.29 is 14.3 Å². The van der Waals surface area contributed by atoms with Crippen LogP contribution in [0.1, 0.15) is 98.5 Å². The second kappa shape index (κ2) is 17.3. The van der Waals surface area contributed by atoms with Crippen molar-refractivity contribution in [1.82, 2.24) is 19.9 Å². The highest BCUT2D eigenvalue weighted by atomic mass is 16.6. The molecule has 2 N–H and O–H groups in total. The standard InChI is InChI=1S/C58H50N4O3/c63-51-26-15-16-35-58(51)36-34-38(17-13-14-27-52(64)65-58)43-37-50-55(41-22-9-3-10-23-41)48-31-30-46(60-48)53(39-18-5-1-6-19-39)44-28-29-45(59-44)54(40-20-7-2-8-21-40)47-32-33-49(61-47)56(57(43)62-50)42-24-11-4-12-25-42/h1-12,18-25,28-33,37-38,60,62H,13-17,26-27,34-36H2/t38-,58-/m0/s1. The Labute approximate surface area is 379 Å². The first-order chi connectivity index (χ1) is 32.0. The van der Waals surface area contributed by atoms with E-state index in [1.165, 1.54) is 5.56 Å². The van der Waals surface area contributed by atoms with Crippen molar-refractivity contribution in [2.45, 2.75) is 75.7 Å². The molecule has 0 unspecified atom stereocenters. The number of hydrogen-bond acceptors (Lipinski definition) is 5. The first-order valence-corrected chi connectivity index (χ1v) is 23.2. The van der Waals surface area contributed by atoms with Gasteiger partial charge in [-0.25, -0.2) is 9.97 Å². The lowest BCUT2D eigenvalue weighted by Crippen LogP contribution is -2.46. The molecule has 1 saturated carbocycles. The average molecular weight is 851 g/mol. The fourth-order valence-electron chi connectivity index (χ4n) is 10.5. The van der Waals surface area contributed by atoms with E-state index in [0.717, 1.165) is 115 Å². The van der Waals surface area contributed by atoms with E-state index < -0.39 is 5.60 Å². The number of carbonyl (C=O) groups is 2. The highest BCUT2D eigenvalue weighted by Gasteiger charge is 2.44. The van der Waals surface area contributed by atoms with E-state index in [1.54, 1.807) is 0 Å². The Morgan fingerprint density at radius 1 is 0.477 bits per heavy atom. The SMILES string of the molecule is O=C1CCCC[C@H](c2cc3[nH]c2c(-c2ccccc2)c2nc(c(-c4ccccc4)c4nc(c(-c5ccccc5)c5ccc([nH]5)c3-c3ccccc3)C=C4)C=C2)CC[C@]2(CCCCC2=O)O1. The topological polar surface area (TPSA) is 101 Å². The van der Waals surface area contributed by atoms with Gasteiger partial charge < -0.3 is 14.7 Å². The number of hydrogen-bond donors (Lipinski definition) is 2. The Kier molecular flexibility index (Phi) is 10.8. The zero-order valence-electron chi connectivity index (χ0n) is 36.4. The molecule has 3 aliphatic heterocycles. The molecule has 8 bridgehead atoms. The van der Waals surface area contributed by atoms with Crippen molar-refractivity contribution in [3.8, 4) is 44.5 Å². The molecule has 3 aromatic heterocycles. The average Bonchev–Trinajstić information content (AvgIpc) is 4.19. The second-order valence-electron chi connectivity index (χ2n) is 17.8. The van der Waals surface area contributed by atoms with Crippen molar-refractivity contribution in [1.29, 1.82) is 0 Å². The molecule has 0 amide bonds. The van der Waals surface area contributed by atoms with Gasteiger partial charge in [0.25, 0.3) is 0 Å². The Balaban J connectivity index is 1.27. The molecule has 2 atom stereocenters. The minimum Gasteiger partial charge on any atom is -0.451 e. The van der Waals surface area contributed by atoms with Gasteiger partial charge in [-0.1, -0.05) is 128 Å². The fraction of sp³-hybridized carbons (Fsp3) is 0.207. The van der Waals surface area contributed by atoms with Crippen molar-refractivity contribution in [2.24, 2.45) is 0 Å². The lowest BCUT2D eigenvalue weighted by Gasteiger charge is -2.37. The first kappa shape index (κ1) is 40.4. The molecule has 4 aliphatic rings. The molecule has 1 saturated heterocycles. The van der Waals surface area contributed by atoms with E-state index in [4.69, 9.17) is 14.7 Å². The minimum absolute atomic E-state index is 0.0564. The van der Waals surface area contributed by atoms with E-state index in [2.05, 4.69) is 162 Å². The lowest BCUT2D eigenvalue weighted by molar-refractivity contribution is -0.172. The van der Waals surface area contributed by atoms with Crippen LogP contribution in [0.25, 0.3) is 90.9 Å². The summed E-state index contributed by atoms with van der Waals surface area (Å²) in [6.07, 6.45) is 15.2. The number of nitrogens with one attached hydrogen (secondary N) is 2. The number of rotatable bonds is 5. The quantitative estimate of drug-likeness (QED) is 0.168. The number of esters is 1. The molecular formula is C58H50N4O3. The number of ketones is 1. The predicted molar refractivity (Wildman–Crippen MR) is 263 cm³/mol. The van der Waals surface area contributed by atoms with Gasteiger partial charge in [0.2, 0.25) is 0 Å². The summed E-state index contributed by atoms with van der Waals surface area (Å²) in [5, 5.41) is 0. The number of carbonyl (C=O) groups excluding carboxylic acids is 2. The van der Waals surface area contributed by atoms with Gasteiger partial charge >= 0.3 is 5.97 Å². The summed E-state index contributed by atoms with van der Waals surface area (Å²) >= 11 is 0. The highest BCUT2D eigenvalue weighted by Crippen LogP contribution is 2.44. The maximum atomic E-state index is 13.8. The third kappa shape index (κ3) is 7.75. The highest BCUT2D eigenvalue weighted by molar-refractivity contribution is 6.01. The largest absolute Gasteiger partial charge is 0.451 e. The van der Waals surface area contributed by atoms with Gasteiger partial charge in [-0.2, -0.15) is 0 Å². The van der Waals surface area contributed by atoms with Gasteiger partial charge in [0.1, 0.15) is 0 Å². The summed E-state index contributed by atoms with van der Waals surface area (Å²) in [6.45, 7) is 0. The molecule has 11 rings (SSSR count). The van der Waals surface area contributed by atoms with Crippen LogP contribution in [0.4, 0.5) is 0 Å². The van der Waals surface area contributed by atoms with Crippen LogP contribution in [0.5, 0.6) is 0 Å². The molecule has 1 spiro atoms. The number of ether oxygens (including phenoxy) is 1. The second-order valence-corrected chi connectivity index (χ2v) is 17.8. The van der Waals surface area contributed by atoms with Gasteiger partial charge in [0, 0.05) is 51.6 Å². The third-order valence-corrected chi connectivity index (χ3v) is 13.7. The zero-order chi connectivity index (χ0) is 43.7. The van der Waals surface area contributed by atoms with E-state index in [1.807, 2.05) is 12.1 Å². The summed E-state index contributed by atoms with van der Waals surface area (Å²) in [7, 11) is 0. The van der Waals surface area contributed by atoms with Crippen molar-refractivity contribution in [3.63, 3.8) is 0 Å². The van der Waals surface area contributed by atoms with Crippen LogP contribution < -0.4 is 0 Å². The number of benzene rings is 4. The van der Waals surface area contributed by atoms with Crippen LogP contribution in [0.3, 0.4) is 0 Å². The van der Waals surface area contributed by atoms with Crippen LogP contribution in [-0.2, 0) is 14.3 Å². The molecule has 0 radical (unpaired) electrons. The summed E-state index contributed by atoms with van der Waals surface area (Å²) in [6, 6.07) is 48.8. The zero-order valence-corrected chi connectivity index (χ0v) is 36.4. The molecule has 2 fully saturated rings. The molecule has 1 aliphatic carbocycles. The van der Waals surface area contributed by atoms with E-state index >= 15 is 0 Å². The van der Waals surface area contributed by atoms with Gasteiger partial charge in [0.05, 0.1) is 28.3 Å².